The Bertz CT molecular complexity index is 447. The van der Waals surface area contributed by atoms with E-state index in [1.807, 2.05) is 20.2 Å². The van der Waals surface area contributed by atoms with Crippen molar-refractivity contribution in [2.45, 2.75) is 19.4 Å². The average molecular weight is 287 g/mol. The van der Waals surface area contributed by atoms with E-state index < -0.39 is 0 Å². The van der Waals surface area contributed by atoms with Gasteiger partial charge >= 0.3 is 0 Å². The quantitative estimate of drug-likeness (QED) is 0.845. The fraction of sp³-hybridized carbons (Fsp3) is 0.462. The third-order valence-electron chi connectivity index (χ3n) is 3.01. The summed E-state index contributed by atoms with van der Waals surface area (Å²) in [6, 6.07) is 5.33. The van der Waals surface area contributed by atoms with Crippen LogP contribution in [0.3, 0.4) is 0 Å². The first kappa shape index (κ1) is 15.2. The lowest BCUT2D eigenvalue weighted by Crippen LogP contribution is -2.43. The molecule has 0 unspecified atom stereocenters. The van der Waals surface area contributed by atoms with E-state index in [1.165, 1.54) is 0 Å². The van der Waals surface area contributed by atoms with E-state index in [2.05, 4.69) is 18.7 Å². The molecule has 3 nitrogen and oxygen atoms in total. The summed E-state index contributed by atoms with van der Waals surface area (Å²) in [6.45, 7) is 4.75. The Kier molecular flexibility index (Phi) is 4.96. The summed E-state index contributed by atoms with van der Waals surface area (Å²) in [4.78, 5) is 2.43. The number of likely N-dealkylation sites (N-methyl/N-ethyl adjacent to an activating group) is 1. The van der Waals surface area contributed by atoms with Crippen molar-refractivity contribution in [1.82, 2.24) is 4.90 Å². The zero-order valence-corrected chi connectivity index (χ0v) is 12.7. The third-order valence-corrected chi connectivity index (χ3v) is 3.54. The minimum Gasteiger partial charge on any atom is -0.490 e. The topological polar surface area (TPSA) is 38.5 Å². The predicted octanol–water partition coefficient (Wildman–Crippen LogP) is 2.69. The van der Waals surface area contributed by atoms with E-state index in [-0.39, 0.29) is 5.54 Å². The highest BCUT2D eigenvalue weighted by Crippen LogP contribution is 2.26. The Hall–Kier alpha value is -0.840. The molecule has 0 saturated carbocycles. The number of benzene rings is 1. The highest BCUT2D eigenvalue weighted by atomic mass is 35.5. The van der Waals surface area contributed by atoms with Crippen molar-refractivity contribution in [2.24, 2.45) is 5.73 Å². The molecule has 0 spiro atoms. The molecule has 5 heteroatoms. The molecule has 2 N–H and O–H groups in total. The Morgan fingerprint density at radius 2 is 2.06 bits per heavy atom. The monoisotopic (exact) mass is 286 g/mol. The molecular formula is C13H19ClN2OS. The van der Waals surface area contributed by atoms with Crippen molar-refractivity contribution in [3.63, 3.8) is 0 Å². The molecule has 0 fully saturated rings. The van der Waals surface area contributed by atoms with Crippen molar-refractivity contribution in [1.29, 1.82) is 0 Å². The molecule has 0 radical (unpaired) electrons. The van der Waals surface area contributed by atoms with Gasteiger partial charge in [0.15, 0.2) is 0 Å². The summed E-state index contributed by atoms with van der Waals surface area (Å²) < 4.78 is 5.74. The van der Waals surface area contributed by atoms with Gasteiger partial charge in [-0.25, -0.2) is 0 Å². The highest BCUT2D eigenvalue weighted by molar-refractivity contribution is 7.80. The van der Waals surface area contributed by atoms with Gasteiger partial charge < -0.3 is 15.4 Å². The van der Waals surface area contributed by atoms with Gasteiger partial charge in [-0.3, -0.25) is 0 Å². The molecular weight excluding hydrogens is 268 g/mol. The Morgan fingerprint density at radius 1 is 1.44 bits per heavy atom. The smallest absolute Gasteiger partial charge is 0.138 e. The van der Waals surface area contributed by atoms with Crippen LogP contribution in [0, 0.1) is 0 Å². The van der Waals surface area contributed by atoms with E-state index in [0.29, 0.717) is 22.4 Å². The predicted molar refractivity (Wildman–Crippen MR) is 80.6 cm³/mol. The lowest BCUT2D eigenvalue weighted by atomic mass is 10.1. The van der Waals surface area contributed by atoms with Crippen LogP contribution in [0.5, 0.6) is 5.75 Å². The van der Waals surface area contributed by atoms with Crippen molar-refractivity contribution in [3.05, 3.63) is 28.8 Å². The van der Waals surface area contributed by atoms with Crippen LogP contribution in [0.4, 0.5) is 0 Å². The molecule has 0 aromatic heterocycles. The van der Waals surface area contributed by atoms with Crippen LogP contribution in [0.15, 0.2) is 18.2 Å². The summed E-state index contributed by atoms with van der Waals surface area (Å²) >= 11 is 11.0. The van der Waals surface area contributed by atoms with E-state index in [4.69, 9.17) is 34.3 Å². The maximum absolute atomic E-state index is 6.13. The molecule has 0 aliphatic carbocycles. The summed E-state index contributed by atoms with van der Waals surface area (Å²) in [5.74, 6) is 0.645. The number of nitrogens with zero attached hydrogens (tertiary/aromatic N) is 1. The van der Waals surface area contributed by atoms with Gasteiger partial charge in [0.25, 0.3) is 0 Å². The zero-order chi connectivity index (χ0) is 13.9. The van der Waals surface area contributed by atoms with Crippen molar-refractivity contribution < 1.29 is 4.74 Å². The number of nitrogens with two attached hydrogens (primary N) is 1. The van der Waals surface area contributed by atoms with Crippen LogP contribution in [0.25, 0.3) is 0 Å². The second kappa shape index (κ2) is 5.87. The maximum Gasteiger partial charge on any atom is 0.138 e. The van der Waals surface area contributed by atoms with E-state index in [9.17, 15) is 0 Å². The Balaban J connectivity index is 2.78. The number of ether oxygens (including phenoxy) is 1. The highest BCUT2D eigenvalue weighted by Gasteiger charge is 2.21. The van der Waals surface area contributed by atoms with Gasteiger partial charge in [-0.05, 0) is 46.1 Å². The maximum atomic E-state index is 6.13. The van der Waals surface area contributed by atoms with Gasteiger partial charge in [0.2, 0.25) is 0 Å². The van der Waals surface area contributed by atoms with Crippen molar-refractivity contribution >= 4 is 28.8 Å². The number of rotatable bonds is 5. The number of halogens is 1. The summed E-state index contributed by atoms with van der Waals surface area (Å²) in [5, 5.41) is 0.523. The van der Waals surface area contributed by atoms with Gasteiger partial charge in [0.1, 0.15) is 17.3 Å². The SMILES string of the molecule is CN(C)C(C)(C)COc1ccc(C(N)=S)cc1Cl. The molecule has 0 atom stereocenters. The van der Waals surface area contributed by atoms with Crippen LogP contribution in [-0.2, 0) is 0 Å². The molecule has 1 rings (SSSR count). The first-order valence-electron chi connectivity index (χ1n) is 5.63. The summed E-state index contributed by atoms with van der Waals surface area (Å²) in [5.41, 5.74) is 6.22. The first-order chi connectivity index (χ1) is 8.24. The third kappa shape index (κ3) is 3.83. The van der Waals surface area contributed by atoms with Crippen molar-refractivity contribution in [2.75, 3.05) is 20.7 Å². The Labute approximate surface area is 119 Å². The Morgan fingerprint density at radius 3 is 2.50 bits per heavy atom. The zero-order valence-electron chi connectivity index (χ0n) is 11.2. The van der Waals surface area contributed by atoms with Gasteiger partial charge in [0, 0.05) is 11.1 Å². The molecule has 0 amide bonds. The molecule has 1 aromatic rings. The van der Waals surface area contributed by atoms with Crippen LogP contribution in [0.1, 0.15) is 19.4 Å². The normalized spacial score (nSPS) is 11.7. The second-order valence-corrected chi connectivity index (χ2v) is 5.85. The molecule has 1 aromatic carbocycles. The largest absolute Gasteiger partial charge is 0.490 e. The number of hydrogen-bond acceptors (Lipinski definition) is 3. The van der Waals surface area contributed by atoms with Gasteiger partial charge in [-0.2, -0.15) is 0 Å². The number of thiocarbonyl (C=S) groups is 1. The average Bonchev–Trinajstić information content (AvgIpc) is 2.26. The number of hydrogen-bond donors (Lipinski definition) is 1. The van der Waals surface area contributed by atoms with Gasteiger partial charge in [-0.15, -0.1) is 0 Å². The molecule has 0 heterocycles. The van der Waals surface area contributed by atoms with Gasteiger partial charge in [0.05, 0.1) is 5.02 Å². The first-order valence-corrected chi connectivity index (χ1v) is 6.42. The van der Waals surface area contributed by atoms with Crippen LogP contribution >= 0.6 is 23.8 Å². The lowest BCUT2D eigenvalue weighted by molar-refractivity contribution is 0.114. The van der Waals surface area contributed by atoms with E-state index in [0.717, 1.165) is 5.56 Å². The molecule has 0 aliphatic rings. The van der Waals surface area contributed by atoms with E-state index in [1.54, 1.807) is 12.1 Å². The molecule has 0 bridgehead atoms. The lowest BCUT2D eigenvalue weighted by Gasteiger charge is -2.32. The minimum absolute atomic E-state index is 0.0643. The summed E-state index contributed by atoms with van der Waals surface area (Å²) in [6.07, 6.45) is 0. The fourth-order valence-corrected chi connectivity index (χ4v) is 1.52. The minimum atomic E-state index is -0.0643. The van der Waals surface area contributed by atoms with Crippen molar-refractivity contribution in [3.8, 4) is 5.75 Å². The van der Waals surface area contributed by atoms with Crippen LogP contribution in [-0.4, -0.2) is 36.1 Å². The molecule has 18 heavy (non-hydrogen) atoms. The van der Waals surface area contributed by atoms with E-state index >= 15 is 0 Å². The molecule has 0 aliphatic heterocycles. The second-order valence-electron chi connectivity index (χ2n) is 5.00. The van der Waals surface area contributed by atoms with Crippen LogP contribution in [0.2, 0.25) is 5.02 Å². The summed E-state index contributed by atoms with van der Waals surface area (Å²) in [7, 11) is 4.03. The van der Waals surface area contributed by atoms with Crippen LogP contribution < -0.4 is 10.5 Å². The van der Waals surface area contributed by atoms with Gasteiger partial charge in [-0.1, -0.05) is 23.8 Å². The molecule has 0 saturated heterocycles. The standard InChI is InChI=1S/C13H19ClN2OS/c1-13(2,16(3)4)8-17-11-6-5-9(12(15)18)7-10(11)14/h5-7H,8H2,1-4H3,(H2,15,18). The molecule has 100 valence electrons. The fourth-order valence-electron chi connectivity index (χ4n) is 1.15.